The highest BCUT2D eigenvalue weighted by molar-refractivity contribution is 7.92. The molecular weight excluding hydrogens is 310 g/mol. The number of rotatable bonds is 4. The standard InChI is InChI=1S/C12H13N5O2S2/c1-2-10-14-6-11(16-10)21(18,19)17-12-15-8-4-3-7(13)5-9(8)20-12/h3-6H,2,13H2,1H3,(H,14,16)(H,15,17). The molecule has 0 fully saturated rings. The van der Waals surface area contributed by atoms with Crippen LogP contribution in [0.1, 0.15) is 12.7 Å². The first-order valence-corrected chi connectivity index (χ1v) is 8.50. The summed E-state index contributed by atoms with van der Waals surface area (Å²) in [5, 5.41) is 0.321. The van der Waals surface area contributed by atoms with Gasteiger partial charge in [-0.05, 0) is 18.2 Å². The Kier molecular flexibility index (Phi) is 3.30. The molecule has 0 aliphatic carbocycles. The van der Waals surface area contributed by atoms with Gasteiger partial charge in [-0.3, -0.25) is 4.72 Å². The van der Waals surface area contributed by atoms with Gasteiger partial charge >= 0.3 is 0 Å². The van der Waals surface area contributed by atoms with Crippen molar-refractivity contribution in [3.63, 3.8) is 0 Å². The van der Waals surface area contributed by atoms with E-state index < -0.39 is 10.0 Å². The zero-order valence-electron chi connectivity index (χ0n) is 11.1. The first-order valence-electron chi connectivity index (χ1n) is 6.20. The fourth-order valence-corrected chi connectivity index (χ4v) is 3.90. The third kappa shape index (κ3) is 2.69. The lowest BCUT2D eigenvalue weighted by molar-refractivity contribution is 0.598. The fourth-order valence-electron chi connectivity index (χ4n) is 1.81. The Labute approximate surface area is 125 Å². The molecule has 0 saturated carbocycles. The van der Waals surface area contributed by atoms with Crippen molar-refractivity contribution in [1.29, 1.82) is 0 Å². The SMILES string of the molecule is CCc1ncc(S(=O)(=O)Nc2nc3ccc(N)cc3s2)[nH]1. The fraction of sp³-hybridized carbons (Fsp3) is 0.167. The van der Waals surface area contributed by atoms with Gasteiger partial charge in [0.05, 0.1) is 16.4 Å². The van der Waals surface area contributed by atoms with Crippen LogP contribution < -0.4 is 10.5 Å². The molecule has 2 heterocycles. The molecule has 2 aromatic heterocycles. The summed E-state index contributed by atoms with van der Waals surface area (Å²) in [4.78, 5) is 11.0. The number of nitrogens with zero attached hydrogens (tertiary/aromatic N) is 2. The monoisotopic (exact) mass is 323 g/mol. The van der Waals surface area contributed by atoms with Crippen molar-refractivity contribution in [2.24, 2.45) is 0 Å². The largest absolute Gasteiger partial charge is 0.399 e. The van der Waals surface area contributed by atoms with Crippen molar-refractivity contribution in [2.45, 2.75) is 18.4 Å². The summed E-state index contributed by atoms with van der Waals surface area (Å²) in [6.45, 7) is 1.89. The second-order valence-corrected chi connectivity index (χ2v) is 7.08. The molecule has 9 heteroatoms. The number of nitrogens with two attached hydrogens (primary N) is 1. The lowest BCUT2D eigenvalue weighted by atomic mass is 10.3. The number of aryl methyl sites for hydroxylation is 1. The first kappa shape index (κ1) is 13.8. The van der Waals surface area contributed by atoms with Crippen LogP contribution in [-0.4, -0.2) is 23.4 Å². The summed E-state index contributed by atoms with van der Waals surface area (Å²) in [5.41, 5.74) is 7.01. The van der Waals surface area contributed by atoms with E-state index in [2.05, 4.69) is 19.7 Å². The molecule has 4 N–H and O–H groups in total. The minimum absolute atomic E-state index is 0.0260. The molecule has 21 heavy (non-hydrogen) atoms. The lowest BCUT2D eigenvalue weighted by Crippen LogP contribution is -2.13. The van der Waals surface area contributed by atoms with Crippen LogP contribution in [0.2, 0.25) is 0 Å². The molecule has 0 radical (unpaired) electrons. The average molecular weight is 323 g/mol. The third-order valence-corrected chi connectivity index (χ3v) is 5.18. The van der Waals surface area contributed by atoms with Gasteiger partial charge in [-0.25, -0.2) is 9.97 Å². The van der Waals surface area contributed by atoms with Gasteiger partial charge in [0.25, 0.3) is 10.0 Å². The number of sulfonamides is 1. The molecule has 0 unspecified atom stereocenters. The predicted molar refractivity (Wildman–Crippen MR) is 82.8 cm³/mol. The lowest BCUT2D eigenvalue weighted by Gasteiger charge is -2.01. The Morgan fingerprint density at radius 3 is 2.95 bits per heavy atom. The van der Waals surface area contributed by atoms with E-state index in [1.807, 2.05) is 6.92 Å². The van der Waals surface area contributed by atoms with Gasteiger partial charge in [-0.15, -0.1) is 0 Å². The molecule has 3 rings (SSSR count). The molecule has 1 aromatic carbocycles. The van der Waals surface area contributed by atoms with Crippen molar-refractivity contribution in [3.8, 4) is 0 Å². The molecule has 0 aliphatic rings. The summed E-state index contributed by atoms with van der Waals surface area (Å²) in [6, 6.07) is 5.24. The van der Waals surface area contributed by atoms with E-state index in [1.165, 1.54) is 17.5 Å². The molecule has 0 bridgehead atoms. The average Bonchev–Trinajstić information content (AvgIpc) is 3.03. The van der Waals surface area contributed by atoms with Crippen molar-refractivity contribution in [3.05, 3.63) is 30.2 Å². The predicted octanol–water partition coefficient (Wildman–Crippen LogP) is 1.96. The second-order valence-electron chi connectivity index (χ2n) is 4.40. The Bertz CT molecular complexity index is 897. The molecule has 0 saturated heterocycles. The number of hydrogen-bond acceptors (Lipinski definition) is 6. The third-order valence-electron chi connectivity index (χ3n) is 2.86. The molecule has 7 nitrogen and oxygen atoms in total. The number of nitrogens with one attached hydrogen (secondary N) is 2. The van der Waals surface area contributed by atoms with Gasteiger partial charge in [0.1, 0.15) is 5.82 Å². The zero-order valence-corrected chi connectivity index (χ0v) is 12.8. The maximum atomic E-state index is 12.2. The number of anilines is 2. The molecule has 0 atom stereocenters. The molecule has 0 aliphatic heterocycles. The normalized spacial score (nSPS) is 11.9. The van der Waals surface area contributed by atoms with Crippen LogP contribution >= 0.6 is 11.3 Å². The van der Waals surface area contributed by atoms with E-state index in [0.717, 1.165) is 4.70 Å². The van der Waals surface area contributed by atoms with Crippen molar-refractivity contribution in [2.75, 3.05) is 10.5 Å². The first-order chi connectivity index (χ1) is 9.98. The molecular formula is C12H13N5O2S2. The number of nitrogen functional groups attached to an aromatic ring is 1. The van der Waals surface area contributed by atoms with Crippen LogP contribution in [0.15, 0.2) is 29.4 Å². The van der Waals surface area contributed by atoms with Crippen LogP contribution in [0.3, 0.4) is 0 Å². The number of thiazole rings is 1. The van der Waals surface area contributed by atoms with E-state index in [4.69, 9.17) is 5.73 Å². The maximum absolute atomic E-state index is 12.2. The highest BCUT2D eigenvalue weighted by Crippen LogP contribution is 2.28. The smallest absolute Gasteiger partial charge is 0.280 e. The highest BCUT2D eigenvalue weighted by Gasteiger charge is 2.19. The Morgan fingerprint density at radius 2 is 2.24 bits per heavy atom. The van der Waals surface area contributed by atoms with E-state index in [-0.39, 0.29) is 5.03 Å². The van der Waals surface area contributed by atoms with Crippen molar-refractivity contribution in [1.82, 2.24) is 15.0 Å². The van der Waals surface area contributed by atoms with Gasteiger partial charge in [-0.2, -0.15) is 8.42 Å². The summed E-state index contributed by atoms with van der Waals surface area (Å²) < 4.78 is 27.7. The van der Waals surface area contributed by atoms with Crippen LogP contribution in [0, 0.1) is 0 Å². The number of hydrogen-bond donors (Lipinski definition) is 3. The zero-order chi connectivity index (χ0) is 15.0. The van der Waals surface area contributed by atoms with Crippen molar-refractivity contribution >= 4 is 42.4 Å². The van der Waals surface area contributed by atoms with Gasteiger partial charge in [0.15, 0.2) is 10.2 Å². The molecule has 110 valence electrons. The minimum atomic E-state index is -3.71. The number of aromatic nitrogens is 3. The topological polar surface area (TPSA) is 114 Å². The number of fused-ring (bicyclic) bond motifs is 1. The second kappa shape index (κ2) is 5.01. The Morgan fingerprint density at radius 1 is 1.43 bits per heavy atom. The summed E-state index contributed by atoms with van der Waals surface area (Å²) >= 11 is 1.23. The molecule has 3 aromatic rings. The Balaban J connectivity index is 1.93. The van der Waals surface area contributed by atoms with Crippen molar-refractivity contribution < 1.29 is 8.42 Å². The van der Waals surface area contributed by atoms with Crippen LogP contribution in [0.4, 0.5) is 10.8 Å². The number of H-pyrrole nitrogens is 1. The number of benzene rings is 1. The number of aromatic amines is 1. The van der Waals surface area contributed by atoms with Crippen LogP contribution in [0.5, 0.6) is 0 Å². The molecule has 0 amide bonds. The van der Waals surface area contributed by atoms with Crippen LogP contribution in [-0.2, 0) is 16.4 Å². The number of imidazole rings is 1. The van der Waals surface area contributed by atoms with E-state index in [1.54, 1.807) is 18.2 Å². The Hall–Kier alpha value is -2.13. The summed E-state index contributed by atoms with van der Waals surface area (Å²) in [5.74, 6) is 0.618. The van der Waals surface area contributed by atoms with E-state index in [9.17, 15) is 8.42 Å². The molecule has 0 spiro atoms. The van der Waals surface area contributed by atoms with Gasteiger partial charge in [0, 0.05) is 12.1 Å². The highest BCUT2D eigenvalue weighted by atomic mass is 32.2. The summed E-state index contributed by atoms with van der Waals surface area (Å²) in [7, 11) is -3.71. The van der Waals surface area contributed by atoms with Crippen LogP contribution in [0.25, 0.3) is 10.2 Å². The van der Waals surface area contributed by atoms with Gasteiger partial charge < -0.3 is 10.7 Å². The maximum Gasteiger partial charge on any atom is 0.280 e. The van der Waals surface area contributed by atoms with Gasteiger partial charge in [0.2, 0.25) is 0 Å². The van der Waals surface area contributed by atoms with E-state index >= 15 is 0 Å². The quantitative estimate of drug-likeness (QED) is 0.635. The minimum Gasteiger partial charge on any atom is -0.399 e. The van der Waals surface area contributed by atoms with E-state index in [0.29, 0.717) is 28.6 Å². The van der Waals surface area contributed by atoms with Gasteiger partial charge in [-0.1, -0.05) is 18.3 Å². The summed E-state index contributed by atoms with van der Waals surface area (Å²) in [6.07, 6.45) is 1.93.